The van der Waals surface area contributed by atoms with Gasteiger partial charge in [-0.1, -0.05) is 69.7 Å². The normalized spacial score (nSPS) is 13.7. The third kappa shape index (κ3) is 4.12. The Kier molecular flexibility index (Phi) is 6.65. The van der Waals surface area contributed by atoms with Gasteiger partial charge in [-0.15, -0.1) is 23.8 Å². The Hall–Kier alpha value is -3.49. The molecule has 2 aromatic heterocycles. The van der Waals surface area contributed by atoms with Gasteiger partial charge in [0.2, 0.25) is 0 Å². The maximum atomic E-state index is 10.5. The zero-order valence-corrected chi connectivity index (χ0v) is 24.5. The minimum absolute atomic E-state index is 0. The predicted octanol–water partition coefficient (Wildman–Crippen LogP) is 8.34. The van der Waals surface area contributed by atoms with Crippen molar-refractivity contribution in [1.29, 1.82) is 0 Å². The molecule has 1 aliphatic rings. The summed E-state index contributed by atoms with van der Waals surface area (Å²) in [6.45, 7) is 11.0. The van der Waals surface area contributed by atoms with Crippen molar-refractivity contribution in [2.24, 2.45) is 0 Å². The van der Waals surface area contributed by atoms with Gasteiger partial charge in [0.25, 0.3) is 0 Å². The standard InChI is InChI=1S/C33H30N3O.Pt/c1-20(2)22-15-16-34-31(19-22)36-28-11-7-6-10-25(28)33(4,5)26-14-13-23(18-29(26)36)27-17-21(3)24-9-8-12-30(37)32(24)35-27;/h6-17,19-20,37H,1-5H3;/q-1;. The molecule has 0 fully saturated rings. The summed E-state index contributed by atoms with van der Waals surface area (Å²) in [5, 5.41) is 11.5. The molecule has 0 bridgehead atoms. The molecule has 194 valence electrons. The summed E-state index contributed by atoms with van der Waals surface area (Å²) in [7, 11) is 0. The fourth-order valence-electron chi connectivity index (χ4n) is 5.47. The van der Waals surface area contributed by atoms with Crippen molar-refractivity contribution >= 4 is 28.1 Å². The summed E-state index contributed by atoms with van der Waals surface area (Å²) in [6.07, 6.45) is 1.90. The molecule has 0 saturated heterocycles. The van der Waals surface area contributed by atoms with Crippen LogP contribution in [0.3, 0.4) is 0 Å². The largest absolute Gasteiger partial charge is 0.506 e. The fourth-order valence-corrected chi connectivity index (χ4v) is 5.47. The zero-order valence-electron chi connectivity index (χ0n) is 22.2. The van der Waals surface area contributed by atoms with E-state index in [1.165, 1.54) is 16.7 Å². The van der Waals surface area contributed by atoms with Gasteiger partial charge in [-0.25, -0.2) is 4.98 Å². The van der Waals surface area contributed by atoms with Crippen LogP contribution in [0.4, 0.5) is 17.2 Å². The quantitative estimate of drug-likeness (QED) is 0.195. The molecule has 0 unspecified atom stereocenters. The Morgan fingerprint density at radius 3 is 2.50 bits per heavy atom. The first kappa shape index (κ1) is 26.1. The van der Waals surface area contributed by atoms with E-state index in [1.54, 1.807) is 6.07 Å². The molecule has 0 atom stereocenters. The Bertz CT molecular complexity index is 1680. The number of aromatic hydroxyl groups is 1. The average Bonchev–Trinajstić information content (AvgIpc) is 2.89. The topological polar surface area (TPSA) is 49.2 Å². The number of hydrogen-bond donors (Lipinski definition) is 1. The predicted molar refractivity (Wildman–Crippen MR) is 151 cm³/mol. The van der Waals surface area contributed by atoms with Crippen LogP contribution in [0.2, 0.25) is 0 Å². The molecule has 4 nitrogen and oxygen atoms in total. The number of pyridine rings is 2. The molecular weight excluding hydrogens is 649 g/mol. The van der Waals surface area contributed by atoms with Gasteiger partial charge in [0.1, 0.15) is 17.1 Å². The van der Waals surface area contributed by atoms with Gasteiger partial charge in [-0.05, 0) is 70.6 Å². The number of para-hydroxylation sites is 2. The van der Waals surface area contributed by atoms with E-state index < -0.39 is 0 Å². The van der Waals surface area contributed by atoms with Crippen LogP contribution in [0.1, 0.15) is 55.9 Å². The van der Waals surface area contributed by atoms with E-state index >= 15 is 0 Å². The van der Waals surface area contributed by atoms with E-state index in [0.717, 1.165) is 39.4 Å². The first-order valence-electron chi connectivity index (χ1n) is 12.8. The Labute approximate surface area is 238 Å². The molecule has 1 N–H and O–H groups in total. The van der Waals surface area contributed by atoms with Crippen molar-refractivity contribution in [2.75, 3.05) is 4.90 Å². The molecule has 5 heteroatoms. The van der Waals surface area contributed by atoms with Gasteiger partial charge in [0.05, 0.1) is 0 Å². The first-order valence-corrected chi connectivity index (χ1v) is 12.8. The Morgan fingerprint density at radius 1 is 0.921 bits per heavy atom. The van der Waals surface area contributed by atoms with Crippen molar-refractivity contribution in [1.82, 2.24) is 9.97 Å². The van der Waals surface area contributed by atoms with Crippen LogP contribution < -0.4 is 4.90 Å². The van der Waals surface area contributed by atoms with E-state index in [1.807, 2.05) is 18.3 Å². The van der Waals surface area contributed by atoms with Gasteiger partial charge in [0.15, 0.2) is 0 Å². The van der Waals surface area contributed by atoms with Crippen LogP contribution in [-0.2, 0) is 26.5 Å². The number of hydrogen-bond acceptors (Lipinski definition) is 4. The molecule has 0 saturated carbocycles. The van der Waals surface area contributed by atoms with Crippen molar-refractivity contribution < 1.29 is 26.2 Å². The van der Waals surface area contributed by atoms with E-state index in [2.05, 4.69) is 100 Å². The SMILES string of the molecule is Cc1cc(-c2[c-]c3c(cc2)C(C)(C)c2ccccc2N3c2cc(C(C)C)ccn2)nc2c(O)cccc12.[Pt]. The molecule has 1 aliphatic heterocycles. The molecule has 6 rings (SSSR count). The minimum atomic E-state index is -0.210. The zero-order chi connectivity index (χ0) is 25.9. The molecule has 3 aromatic carbocycles. The van der Waals surface area contributed by atoms with Gasteiger partial charge < -0.3 is 10.0 Å². The van der Waals surface area contributed by atoms with E-state index in [-0.39, 0.29) is 32.2 Å². The van der Waals surface area contributed by atoms with Crippen molar-refractivity contribution in [3.05, 3.63) is 107 Å². The third-order valence-electron chi connectivity index (χ3n) is 7.61. The molecule has 0 spiro atoms. The van der Waals surface area contributed by atoms with Crippen LogP contribution in [-0.4, -0.2) is 15.1 Å². The number of benzene rings is 3. The van der Waals surface area contributed by atoms with Crippen molar-refractivity contribution in [3.63, 3.8) is 0 Å². The maximum absolute atomic E-state index is 10.5. The van der Waals surface area contributed by atoms with Crippen LogP contribution in [0, 0.1) is 13.0 Å². The van der Waals surface area contributed by atoms with Crippen molar-refractivity contribution in [2.45, 2.75) is 46.0 Å². The molecule has 3 heterocycles. The van der Waals surface area contributed by atoms with E-state index in [4.69, 9.17) is 9.97 Å². The van der Waals surface area contributed by atoms with Crippen LogP contribution in [0.15, 0.2) is 79.0 Å². The number of phenolic OH excluding ortho intramolecular Hbond substituents is 1. The summed E-state index contributed by atoms with van der Waals surface area (Å²) in [6, 6.07) is 28.5. The second-order valence-corrected chi connectivity index (χ2v) is 10.7. The molecule has 0 amide bonds. The monoisotopic (exact) mass is 679 g/mol. The Morgan fingerprint density at radius 2 is 1.71 bits per heavy atom. The molecule has 38 heavy (non-hydrogen) atoms. The summed E-state index contributed by atoms with van der Waals surface area (Å²) >= 11 is 0. The summed E-state index contributed by atoms with van der Waals surface area (Å²) in [5.41, 5.74) is 8.91. The fraction of sp³-hybridized carbons (Fsp3) is 0.212. The second kappa shape index (κ2) is 9.67. The number of rotatable bonds is 3. The summed E-state index contributed by atoms with van der Waals surface area (Å²) < 4.78 is 0. The minimum Gasteiger partial charge on any atom is -0.506 e. The van der Waals surface area contributed by atoms with Gasteiger partial charge in [-0.2, -0.15) is 0 Å². The van der Waals surface area contributed by atoms with Crippen LogP contribution >= 0.6 is 0 Å². The smallest absolute Gasteiger partial charge is 0.140 e. The summed E-state index contributed by atoms with van der Waals surface area (Å²) in [4.78, 5) is 11.9. The number of phenols is 1. The second-order valence-electron chi connectivity index (χ2n) is 10.7. The van der Waals surface area contributed by atoms with Crippen LogP contribution in [0.5, 0.6) is 5.75 Å². The molecule has 5 aromatic rings. The average molecular weight is 680 g/mol. The van der Waals surface area contributed by atoms with Gasteiger partial charge in [0, 0.05) is 38.3 Å². The first-order chi connectivity index (χ1) is 17.8. The van der Waals surface area contributed by atoms with Gasteiger partial charge >= 0.3 is 0 Å². The number of fused-ring (bicyclic) bond motifs is 3. The number of anilines is 3. The maximum Gasteiger partial charge on any atom is 0.140 e. The van der Waals surface area contributed by atoms with Crippen LogP contribution in [0.25, 0.3) is 22.2 Å². The number of aryl methyl sites for hydroxylation is 1. The molecule has 0 aliphatic carbocycles. The van der Waals surface area contributed by atoms with E-state index in [9.17, 15) is 5.11 Å². The van der Waals surface area contributed by atoms with Crippen molar-refractivity contribution in [3.8, 4) is 17.0 Å². The van der Waals surface area contributed by atoms with E-state index in [0.29, 0.717) is 11.4 Å². The third-order valence-corrected chi connectivity index (χ3v) is 7.61. The number of nitrogens with zero attached hydrogens (tertiary/aromatic N) is 3. The Balaban J connectivity index is 0.00000294. The summed E-state index contributed by atoms with van der Waals surface area (Å²) in [5.74, 6) is 1.46. The molecular formula is C33H30N3OPt-. The number of aromatic nitrogens is 2. The molecule has 0 radical (unpaired) electrons. The van der Waals surface area contributed by atoms with Gasteiger partial charge in [-0.3, -0.25) is 4.98 Å².